The lowest BCUT2D eigenvalue weighted by Crippen LogP contribution is -2.70. The van der Waals surface area contributed by atoms with Crippen molar-refractivity contribution < 1.29 is 9.53 Å². The highest BCUT2D eigenvalue weighted by Crippen LogP contribution is 2.43. The molecule has 1 N–H and O–H groups in total. The second-order valence-electron chi connectivity index (χ2n) is 12.4. The Morgan fingerprint density at radius 3 is 2.14 bits per heavy atom. The number of benzene rings is 3. The van der Waals surface area contributed by atoms with E-state index in [4.69, 9.17) is 4.74 Å². The van der Waals surface area contributed by atoms with Crippen LogP contribution in [0.5, 0.6) is 5.75 Å². The fraction of sp³-hybridized carbons (Fsp3) is 0.417. The van der Waals surface area contributed by atoms with Crippen molar-refractivity contribution in [1.29, 1.82) is 0 Å². The monoisotopic (exact) mass is 579 g/mol. The van der Waals surface area contributed by atoms with E-state index in [1.165, 1.54) is 5.56 Å². The van der Waals surface area contributed by atoms with Gasteiger partial charge in [0.2, 0.25) is 0 Å². The van der Waals surface area contributed by atoms with Crippen molar-refractivity contribution in [3.63, 3.8) is 0 Å². The Labute approximate surface area is 257 Å². The van der Waals surface area contributed by atoms with Crippen LogP contribution in [0.15, 0.2) is 78.9 Å². The predicted molar refractivity (Wildman–Crippen MR) is 175 cm³/mol. The van der Waals surface area contributed by atoms with Crippen LogP contribution in [0, 0.1) is 17.8 Å². The molecule has 0 radical (unpaired) electrons. The first kappa shape index (κ1) is 30.6. The number of hydrogen-bond acceptors (Lipinski definition) is 5. The molecule has 226 valence electrons. The van der Waals surface area contributed by atoms with Crippen molar-refractivity contribution in [2.75, 3.05) is 73.3 Å². The van der Waals surface area contributed by atoms with Crippen LogP contribution < -0.4 is 10.1 Å². The van der Waals surface area contributed by atoms with E-state index in [-0.39, 0.29) is 12.1 Å². The Balaban J connectivity index is 1.39. The Bertz CT molecular complexity index is 1400. The van der Waals surface area contributed by atoms with Gasteiger partial charge in [-0.3, -0.25) is 4.90 Å². The van der Waals surface area contributed by atoms with E-state index < -0.39 is 0 Å². The summed E-state index contributed by atoms with van der Waals surface area (Å²) >= 11 is 0. The summed E-state index contributed by atoms with van der Waals surface area (Å²) in [5.41, 5.74) is 4.12. The Kier molecular flexibility index (Phi) is 10.0. The molecule has 0 aliphatic carbocycles. The molecule has 0 saturated carbocycles. The SMILES string of the molecule is COc1ccc(NC(=O)N2CCC(CN(C)C)CN3C(C2)C(c2ccc(C#Cc4ccccc4)cc2)[C@H]3CN(C)C)cc1. The smallest absolute Gasteiger partial charge is 0.321 e. The lowest BCUT2D eigenvalue weighted by atomic mass is 9.73. The first-order valence-corrected chi connectivity index (χ1v) is 15.2. The van der Waals surface area contributed by atoms with Gasteiger partial charge in [-0.2, -0.15) is 0 Å². The topological polar surface area (TPSA) is 51.3 Å². The molecule has 2 fully saturated rings. The highest BCUT2D eigenvalue weighted by atomic mass is 16.5. The molecule has 2 heterocycles. The van der Waals surface area contributed by atoms with Crippen LogP contribution in [0.2, 0.25) is 0 Å². The maximum atomic E-state index is 13.7. The number of ether oxygens (including phenoxy) is 1. The van der Waals surface area contributed by atoms with Crippen molar-refractivity contribution >= 4 is 11.7 Å². The molecule has 43 heavy (non-hydrogen) atoms. The molecule has 2 amide bonds. The number of rotatable bonds is 7. The zero-order chi connectivity index (χ0) is 30.3. The zero-order valence-electron chi connectivity index (χ0n) is 26.2. The minimum atomic E-state index is -0.0445. The summed E-state index contributed by atoms with van der Waals surface area (Å²) in [7, 11) is 10.2. The first-order chi connectivity index (χ1) is 20.8. The summed E-state index contributed by atoms with van der Waals surface area (Å²) in [4.78, 5) is 22.9. The third-order valence-electron chi connectivity index (χ3n) is 8.59. The van der Waals surface area contributed by atoms with Gasteiger partial charge < -0.3 is 24.8 Å². The Hall–Kier alpha value is -3.83. The minimum absolute atomic E-state index is 0.0445. The summed E-state index contributed by atoms with van der Waals surface area (Å²) in [5, 5.41) is 3.14. The van der Waals surface area contributed by atoms with Gasteiger partial charge in [0.15, 0.2) is 0 Å². The molecule has 7 nitrogen and oxygen atoms in total. The van der Waals surface area contributed by atoms with E-state index in [1.54, 1.807) is 7.11 Å². The van der Waals surface area contributed by atoms with Crippen LogP contribution in [0.4, 0.5) is 10.5 Å². The van der Waals surface area contributed by atoms with Gasteiger partial charge in [0, 0.05) is 67.5 Å². The quantitative estimate of drug-likeness (QED) is 0.404. The summed E-state index contributed by atoms with van der Waals surface area (Å²) < 4.78 is 5.29. The number of carbonyl (C=O) groups is 1. The van der Waals surface area contributed by atoms with Crippen LogP contribution in [0.25, 0.3) is 0 Å². The molecular formula is C36H45N5O2. The van der Waals surface area contributed by atoms with E-state index >= 15 is 0 Å². The van der Waals surface area contributed by atoms with Crippen molar-refractivity contribution in [2.24, 2.45) is 5.92 Å². The fourth-order valence-electron chi connectivity index (χ4n) is 6.57. The predicted octanol–water partition coefficient (Wildman–Crippen LogP) is 4.91. The van der Waals surface area contributed by atoms with Crippen LogP contribution >= 0.6 is 0 Å². The first-order valence-electron chi connectivity index (χ1n) is 15.2. The maximum absolute atomic E-state index is 13.7. The molecule has 4 atom stereocenters. The molecule has 2 aliphatic rings. The fourth-order valence-corrected chi connectivity index (χ4v) is 6.57. The van der Waals surface area contributed by atoms with E-state index in [0.717, 1.165) is 55.2 Å². The normalized spacial score (nSPS) is 22.1. The number of fused-ring (bicyclic) bond motifs is 1. The van der Waals surface area contributed by atoms with Crippen molar-refractivity contribution in [1.82, 2.24) is 19.6 Å². The summed E-state index contributed by atoms with van der Waals surface area (Å²) in [6, 6.07) is 27.0. The number of anilines is 1. The Morgan fingerprint density at radius 1 is 0.860 bits per heavy atom. The molecule has 0 aromatic heterocycles. The third kappa shape index (κ3) is 7.77. The van der Waals surface area contributed by atoms with Gasteiger partial charge in [-0.25, -0.2) is 4.79 Å². The molecule has 7 heteroatoms. The highest BCUT2D eigenvalue weighted by molar-refractivity contribution is 5.89. The molecule has 0 spiro atoms. The van der Waals surface area contributed by atoms with E-state index in [2.05, 4.69) is 84.3 Å². The standard InChI is InChI=1S/C36H45N5O2/c1-38(2)23-29-21-22-40(36(42)37-31-17-19-32(43-5)20-18-31)26-34-35(33(25-39(3)4)41(34)24-29)30-15-13-28(14-16-30)12-11-27-9-7-6-8-10-27/h6-10,13-20,29,33-35H,21-26H2,1-5H3,(H,37,42)/t29?,33-,34?,35?/m1/s1. The lowest BCUT2D eigenvalue weighted by Gasteiger charge is -2.59. The van der Waals surface area contributed by atoms with Gasteiger partial charge in [0.25, 0.3) is 0 Å². The number of likely N-dealkylation sites (N-methyl/N-ethyl adjacent to an activating group) is 1. The Morgan fingerprint density at radius 2 is 1.51 bits per heavy atom. The summed E-state index contributed by atoms with van der Waals surface area (Å²) in [6.07, 6.45) is 0.978. The number of urea groups is 1. The number of carbonyl (C=O) groups excluding carboxylic acids is 1. The van der Waals surface area contributed by atoms with Crippen LogP contribution in [0.1, 0.15) is 29.0 Å². The van der Waals surface area contributed by atoms with Gasteiger partial charge in [-0.15, -0.1) is 0 Å². The van der Waals surface area contributed by atoms with E-state index in [9.17, 15) is 4.79 Å². The van der Waals surface area contributed by atoms with Crippen molar-refractivity contribution in [3.8, 4) is 17.6 Å². The second-order valence-corrected chi connectivity index (χ2v) is 12.4. The molecule has 3 aromatic rings. The summed E-state index contributed by atoms with van der Waals surface area (Å²) in [6.45, 7) is 4.46. The molecule has 2 saturated heterocycles. The van der Waals surface area contributed by atoms with Crippen LogP contribution in [-0.2, 0) is 0 Å². The van der Waals surface area contributed by atoms with Gasteiger partial charge in [0.05, 0.1) is 7.11 Å². The van der Waals surface area contributed by atoms with Crippen LogP contribution in [0.3, 0.4) is 0 Å². The maximum Gasteiger partial charge on any atom is 0.321 e. The van der Waals surface area contributed by atoms with Crippen molar-refractivity contribution in [3.05, 3.63) is 95.6 Å². The second kappa shape index (κ2) is 14.1. The minimum Gasteiger partial charge on any atom is -0.497 e. The molecular weight excluding hydrogens is 534 g/mol. The molecule has 2 aliphatic heterocycles. The van der Waals surface area contributed by atoms with Gasteiger partial charge >= 0.3 is 6.03 Å². The number of methoxy groups -OCH3 is 1. The molecule has 0 bridgehead atoms. The molecule has 5 rings (SSSR count). The highest BCUT2D eigenvalue weighted by Gasteiger charge is 2.51. The van der Waals surface area contributed by atoms with E-state index in [0.29, 0.717) is 24.4 Å². The molecule has 3 unspecified atom stereocenters. The lowest BCUT2D eigenvalue weighted by molar-refractivity contribution is -0.0590. The van der Waals surface area contributed by atoms with E-state index in [1.807, 2.05) is 59.5 Å². The van der Waals surface area contributed by atoms with Gasteiger partial charge in [0.1, 0.15) is 5.75 Å². The number of nitrogens with zero attached hydrogens (tertiary/aromatic N) is 4. The number of nitrogens with one attached hydrogen (secondary N) is 1. The third-order valence-corrected chi connectivity index (χ3v) is 8.59. The average Bonchev–Trinajstić information content (AvgIpc) is 2.99. The average molecular weight is 580 g/mol. The summed E-state index contributed by atoms with van der Waals surface area (Å²) in [5.74, 6) is 8.17. The number of amides is 2. The van der Waals surface area contributed by atoms with Crippen LogP contribution in [-0.4, -0.2) is 106 Å². The number of hydrogen-bond donors (Lipinski definition) is 1. The largest absolute Gasteiger partial charge is 0.497 e. The van der Waals surface area contributed by atoms with Gasteiger partial charge in [-0.1, -0.05) is 42.2 Å². The van der Waals surface area contributed by atoms with Crippen molar-refractivity contribution in [2.45, 2.75) is 24.4 Å². The molecule has 3 aromatic carbocycles. The van der Waals surface area contributed by atoms with Gasteiger partial charge in [-0.05, 0) is 94.6 Å². The zero-order valence-corrected chi connectivity index (χ0v) is 26.2.